The fraction of sp³-hybridized carbons (Fsp3) is 0.471. The summed E-state index contributed by atoms with van der Waals surface area (Å²) >= 11 is 0. The Morgan fingerprint density at radius 1 is 1.09 bits per heavy atom. The zero-order chi connectivity index (χ0) is 17.0. The molecule has 0 radical (unpaired) electrons. The number of rotatable bonds is 5. The van der Waals surface area contributed by atoms with E-state index in [2.05, 4.69) is 38.6 Å². The second kappa shape index (κ2) is 7.00. The van der Waals surface area contributed by atoms with Gasteiger partial charge < -0.3 is 13.9 Å². The first-order valence-corrected chi connectivity index (χ1v) is 10.2. The van der Waals surface area contributed by atoms with E-state index in [-0.39, 0.29) is 10.8 Å². The van der Waals surface area contributed by atoms with Gasteiger partial charge in [-0.1, -0.05) is 20.8 Å². The van der Waals surface area contributed by atoms with Gasteiger partial charge in [-0.15, -0.1) is 0 Å². The van der Waals surface area contributed by atoms with Crippen LogP contribution in [0.5, 0.6) is 11.5 Å². The minimum atomic E-state index is -1.85. The van der Waals surface area contributed by atoms with Crippen LogP contribution in [-0.2, 0) is 9.53 Å². The third-order valence-corrected chi connectivity index (χ3v) is 8.24. The fourth-order valence-corrected chi connectivity index (χ4v) is 2.50. The molecule has 0 aliphatic carbocycles. The summed E-state index contributed by atoms with van der Waals surface area (Å²) in [5.74, 6) is 1.06. The average Bonchev–Trinajstić information content (AvgIpc) is 2.44. The van der Waals surface area contributed by atoms with Crippen LogP contribution in [0.1, 0.15) is 27.7 Å². The molecule has 0 unspecified atom stereocenters. The minimum absolute atomic E-state index is 0.144. The number of hydrogen-bond acceptors (Lipinski definition) is 4. The van der Waals surface area contributed by atoms with Crippen LogP contribution in [0.3, 0.4) is 0 Å². The van der Waals surface area contributed by atoms with Crippen molar-refractivity contribution in [3.63, 3.8) is 0 Å². The van der Waals surface area contributed by atoms with Gasteiger partial charge >= 0.3 is 5.97 Å². The molecule has 122 valence electrons. The normalized spacial score (nSPS) is 12.8. The van der Waals surface area contributed by atoms with Crippen molar-refractivity contribution in [2.24, 2.45) is 0 Å². The second-order valence-corrected chi connectivity index (χ2v) is 11.3. The lowest BCUT2D eigenvalue weighted by Crippen LogP contribution is -2.43. The van der Waals surface area contributed by atoms with Gasteiger partial charge in [0, 0.05) is 0 Å². The molecule has 4 nitrogen and oxygen atoms in total. The van der Waals surface area contributed by atoms with Gasteiger partial charge in [-0.05, 0) is 55.4 Å². The molecule has 0 saturated heterocycles. The molecule has 0 aliphatic rings. The first-order valence-electron chi connectivity index (χ1n) is 7.32. The predicted molar refractivity (Wildman–Crippen MR) is 90.7 cm³/mol. The molecule has 0 fully saturated rings. The summed E-state index contributed by atoms with van der Waals surface area (Å²) in [6.07, 6.45) is 1.58. The standard InChI is InChI=1S/C17H26O4Si/c1-8-15(16(18)19-5)20-13-9-11-14(12-10-13)21-22(6,7)17(2,3)4/h8-12H,1-7H3/b15-8-. The Kier molecular flexibility index (Phi) is 5.83. The largest absolute Gasteiger partial charge is 0.543 e. The van der Waals surface area contributed by atoms with Crippen LogP contribution in [0.2, 0.25) is 18.1 Å². The molecule has 0 N–H and O–H groups in total. The van der Waals surface area contributed by atoms with E-state index in [0.717, 1.165) is 5.75 Å². The number of allylic oxidation sites excluding steroid dienone is 1. The predicted octanol–water partition coefficient (Wildman–Crippen LogP) is 4.53. The number of esters is 1. The topological polar surface area (TPSA) is 44.8 Å². The lowest BCUT2D eigenvalue weighted by molar-refractivity contribution is -0.138. The fourth-order valence-electron chi connectivity index (χ4n) is 1.47. The van der Waals surface area contributed by atoms with E-state index in [4.69, 9.17) is 9.16 Å². The van der Waals surface area contributed by atoms with Gasteiger partial charge in [0.2, 0.25) is 14.1 Å². The van der Waals surface area contributed by atoms with E-state index >= 15 is 0 Å². The Bertz CT molecular complexity index is 539. The van der Waals surface area contributed by atoms with E-state index in [1.54, 1.807) is 25.1 Å². The Morgan fingerprint density at radius 3 is 2.00 bits per heavy atom. The van der Waals surface area contributed by atoms with Crippen LogP contribution in [0.4, 0.5) is 0 Å². The molecule has 0 heterocycles. The molecule has 0 bridgehead atoms. The van der Waals surface area contributed by atoms with Crippen LogP contribution in [0.25, 0.3) is 0 Å². The molecule has 0 aromatic heterocycles. The molecular weight excluding hydrogens is 296 g/mol. The molecule has 5 heteroatoms. The quantitative estimate of drug-likeness (QED) is 0.346. The van der Waals surface area contributed by atoms with Crippen molar-refractivity contribution in [3.05, 3.63) is 36.1 Å². The van der Waals surface area contributed by atoms with E-state index in [0.29, 0.717) is 5.75 Å². The zero-order valence-corrected chi connectivity index (χ0v) is 15.5. The number of methoxy groups -OCH3 is 1. The molecule has 0 aliphatic heterocycles. The van der Waals surface area contributed by atoms with Gasteiger partial charge in [0.15, 0.2) is 0 Å². The Morgan fingerprint density at radius 2 is 1.59 bits per heavy atom. The van der Waals surface area contributed by atoms with Crippen molar-refractivity contribution in [1.82, 2.24) is 0 Å². The van der Waals surface area contributed by atoms with Crippen LogP contribution < -0.4 is 9.16 Å². The molecule has 0 spiro atoms. The second-order valence-electron chi connectivity index (χ2n) is 6.58. The summed E-state index contributed by atoms with van der Waals surface area (Å²) < 4.78 is 16.4. The van der Waals surface area contributed by atoms with E-state index in [9.17, 15) is 4.79 Å². The monoisotopic (exact) mass is 322 g/mol. The summed E-state index contributed by atoms with van der Waals surface area (Å²) in [5.41, 5.74) is 0. The highest BCUT2D eigenvalue weighted by atomic mass is 28.4. The van der Waals surface area contributed by atoms with E-state index in [1.165, 1.54) is 7.11 Å². The third-order valence-electron chi connectivity index (χ3n) is 3.88. The highest BCUT2D eigenvalue weighted by molar-refractivity contribution is 6.74. The molecule has 0 atom stereocenters. The summed E-state index contributed by atoms with van der Waals surface area (Å²) in [4.78, 5) is 11.5. The summed E-state index contributed by atoms with van der Waals surface area (Å²) in [6.45, 7) is 12.7. The maximum Gasteiger partial charge on any atom is 0.373 e. The number of ether oxygens (including phenoxy) is 2. The summed E-state index contributed by atoms with van der Waals surface area (Å²) in [7, 11) is -0.527. The van der Waals surface area contributed by atoms with Crippen molar-refractivity contribution in [1.29, 1.82) is 0 Å². The van der Waals surface area contributed by atoms with Crippen LogP contribution in [-0.4, -0.2) is 21.4 Å². The van der Waals surface area contributed by atoms with Crippen molar-refractivity contribution < 1.29 is 18.7 Å². The number of hydrogen-bond donors (Lipinski definition) is 0. The van der Waals surface area contributed by atoms with Crippen LogP contribution in [0, 0.1) is 0 Å². The molecule has 1 aromatic carbocycles. The number of carbonyl (C=O) groups is 1. The first-order chi connectivity index (χ1) is 10.1. The van der Waals surface area contributed by atoms with E-state index in [1.807, 2.05) is 12.1 Å². The minimum Gasteiger partial charge on any atom is -0.543 e. The highest BCUT2D eigenvalue weighted by Crippen LogP contribution is 2.37. The molecule has 0 saturated carbocycles. The van der Waals surface area contributed by atoms with Crippen molar-refractivity contribution >= 4 is 14.3 Å². The van der Waals surface area contributed by atoms with Gasteiger partial charge in [0.05, 0.1) is 7.11 Å². The molecule has 0 amide bonds. The molecular formula is C17H26O4Si. The van der Waals surface area contributed by atoms with Gasteiger partial charge in [-0.2, -0.15) is 0 Å². The Labute approximate surface area is 134 Å². The van der Waals surface area contributed by atoms with Crippen molar-refractivity contribution in [2.45, 2.75) is 45.8 Å². The lowest BCUT2D eigenvalue weighted by atomic mass is 10.2. The summed E-state index contributed by atoms with van der Waals surface area (Å²) in [6, 6.07) is 7.30. The zero-order valence-electron chi connectivity index (χ0n) is 14.5. The molecule has 1 aromatic rings. The summed E-state index contributed by atoms with van der Waals surface area (Å²) in [5, 5.41) is 0.144. The Balaban J connectivity index is 2.82. The van der Waals surface area contributed by atoms with Gasteiger partial charge in [0.25, 0.3) is 0 Å². The van der Waals surface area contributed by atoms with Crippen LogP contribution >= 0.6 is 0 Å². The van der Waals surface area contributed by atoms with Crippen molar-refractivity contribution in [3.8, 4) is 11.5 Å². The number of carbonyl (C=O) groups excluding carboxylic acids is 1. The SMILES string of the molecule is C/C=C(\Oc1ccc(O[Si](C)(C)C(C)(C)C)cc1)C(=O)OC. The maximum absolute atomic E-state index is 11.5. The first kappa shape index (κ1) is 18.3. The van der Waals surface area contributed by atoms with Crippen molar-refractivity contribution in [2.75, 3.05) is 7.11 Å². The maximum atomic E-state index is 11.5. The highest BCUT2D eigenvalue weighted by Gasteiger charge is 2.38. The number of benzene rings is 1. The van der Waals surface area contributed by atoms with Gasteiger partial charge in [-0.25, -0.2) is 4.79 Å². The Hall–Kier alpha value is -1.75. The van der Waals surface area contributed by atoms with Crippen LogP contribution in [0.15, 0.2) is 36.1 Å². The molecule has 1 rings (SSSR count). The van der Waals surface area contributed by atoms with E-state index < -0.39 is 14.3 Å². The average molecular weight is 322 g/mol. The smallest absolute Gasteiger partial charge is 0.373 e. The van der Waals surface area contributed by atoms with Gasteiger partial charge in [-0.3, -0.25) is 0 Å². The van der Waals surface area contributed by atoms with Gasteiger partial charge in [0.1, 0.15) is 11.5 Å². The molecule has 22 heavy (non-hydrogen) atoms. The third kappa shape index (κ3) is 4.63. The lowest BCUT2D eigenvalue weighted by Gasteiger charge is -2.36.